The van der Waals surface area contributed by atoms with Gasteiger partial charge in [0.05, 0.1) is 13.2 Å². The van der Waals surface area contributed by atoms with E-state index in [1.807, 2.05) is 0 Å². The highest BCUT2D eigenvalue weighted by Crippen LogP contribution is 2.50. The van der Waals surface area contributed by atoms with Crippen molar-refractivity contribution < 1.29 is 18.3 Å². The topological polar surface area (TPSA) is 36.9 Å². The van der Waals surface area contributed by atoms with Gasteiger partial charge < -0.3 is 18.3 Å². The molecule has 0 unspecified atom stereocenters. The summed E-state index contributed by atoms with van der Waals surface area (Å²) in [7, 11) is -0.123. The van der Waals surface area contributed by atoms with Gasteiger partial charge in [0.25, 0.3) is 5.95 Å². The third-order valence-electron chi connectivity index (χ3n) is 5.99. The van der Waals surface area contributed by atoms with Crippen LogP contribution in [-0.4, -0.2) is 42.6 Å². The molecule has 2 bridgehead atoms. The molecule has 0 aromatic carbocycles. The minimum absolute atomic E-state index is 0.189. The smallest absolute Gasteiger partial charge is 0.267 e. The average Bonchev–Trinajstić information content (AvgIpc) is 2.51. The molecule has 3 atom stereocenters. The van der Waals surface area contributed by atoms with Gasteiger partial charge >= 0.3 is 0 Å². The zero-order valence-electron chi connectivity index (χ0n) is 18.4. The maximum atomic E-state index is 6.78. The van der Waals surface area contributed by atoms with Crippen LogP contribution in [0.25, 0.3) is 0 Å². The normalized spacial score (nSPS) is 31.2. The Morgan fingerprint density at radius 1 is 1.12 bits per heavy atom. The zero-order chi connectivity index (χ0) is 20.0. The second-order valence-electron chi connectivity index (χ2n) is 10.1. The van der Waals surface area contributed by atoms with Gasteiger partial charge in [-0.15, -0.1) is 0 Å². The molecule has 0 radical (unpaired) electrons. The lowest BCUT2D eigenvalue weighted by molar-refractivity contribution is -0.0366. The van der Waals surface area contributed by atoms with Crippen molar-refractivity contribution in [3.8, 4) is 0 Å². The van der Waals surface area contributed by atoms with E-state index in [-0.39, 0.29) is 11.1 Å². The standard InChI is InChI=1S/C20H38O4Si2/c1-19(2,3)26(9,10)23-17-14-20(22-5)12-11-15(17)13-16(20)18(21-4)24-25(6,7)8/h11-12,15,17H,13-14H2,1-10H3/b18-16+/t15-,17+,20+/m1/s1. The molecule has 1 fully saturated rings. The van der Waals surface area contributed by atoms with Crippen LogP contribution >= 0.6 is 0 Å². The van der Waals surface area contributed by atoms with Crippen molar-refractivity contribution in [1.29, 1.82) is 0 Å². The van der Waals surface area contributed by atoms with Gasteiger partial charge in [0.15, 0.2) is 8.32 Å². The fourth-order valence-corrected chi connectivity index (χ4v) is 5.60. The molecule has 0 aromatic rings. The van der Waals surface area contributed by atoms with Crippen molar-refractivity contribution in [3.05, 3.63) is 23.7 Å². The van der Waals surface area contributed by atoms with Crippen LogP contribution in [0.15, 0.2) is 23.7 Å². The van der Waals surface area contributed by atoms with Gasteiger partial charge in [0.1, 0.15) is 5.60 Å². The van der Waals surface area contributed by atoms with Gasteiger partial charge in [0.2, 0.25) is 8.32 Å². The molecule has 0 N–H and O–H groups in total. The Labute approximate surface area is 162 Å². The first-order valence-corrected chi connectivity index (χ1v) is 16.0. The Balaban J connectivity index is 2.34. The Kier molecular flexibility index (Phi) is 5.94. The third kappa shape index (κ3) is 4.29. The number of hydrogen-bond donors (Lipinski definition) is 0. The summed E-state index contributed by atoms with van der Waals surface area (Å²) < 4.78 is 24.8. The van der Waals surface area contributed by atoms with Crippen molar-refractivity contribution >= 4 is 16.6 Å². The Morgan fingerprint density at radius 2 is 1.73 bits per heavy atom. The van der Waals surface area contributed by atoms with Crippen molar-refractivity contribution in [1.82, 2.24) is 0 Å². The molecule has 3 aliphatic carbocycles. The van der Waals surface area contributed by atoms with Crippen LogP contribution in [0.3, 0.4) is 0 Å². The Hall–Kier alpha value is -0.566. The molecular weight excluding hydrogens is 360 g/mol. The first kappa shape index (κ1) is 21.7. The van der Waals surface area contributed by atoms with Gasteiger partial charge in [0, 0.05) is 25.0 Å². The van der Waals surface area contributed by atoms with Crippen molar-refractivity contribution in [2.75, 3.05) is 14.2 Å². The maximum absolute atomic E-state index is 6.78. The first-order valence-electron chi connectivity index (χ1n) is 9.64. The average molecular weight is 399 g/mol. The van der Waals surface area contributed by atoms with Crippen LogP contribution in [0.4, 0.5) is 0 Å². The summed E-state index contributed by atoms with van der Waals surface area (Å²) in [6, 6.07) is 0. The summed E-state index contributed by atoms with van der Waals surface area (Å²) in [6.45, 7) is 18.0. The summed E-state index contributed by atoms with van der Waals surface area (Å²) in [5.41, 5.74) is 0.653. The van der Waals surface area contributed by atoms with E-state index < -0.39 is 22.2 Å². The molecule has 6 heteroatoms. The van der Waals surface area contributed by atoms with E-state index in [0.29, 0.717) is 11.9 Å². The van der Waals surface area contributed by atoms with E-state index in [1.165, 1.54) is 0 Å². The van der Waals surface area contributed by atoms with Crippen LogP contribution < -0.4 is 0 Å². The molecule has 0 spiro atoms. The highest BCUT2D eigenvalue weighted by Gasteiger charge is 2.52. The fraction of sp³-hybridized carbons (Fsp3) is 0.800. The molecule has 0 aromatic heterocycles. The monoisotopic (exact) mass is 398 g/mol. The quantitative estimate of drug-likeness (QED) is 0.338. The molecule has 26 heavy (non-hydrogen) atoms. The molecule has 3 aliphatic rings. The SMILES string of the molecule is CO/C(O[Si](C)(C)C)=C1/C[C@H]2C=C[C@]1(OC)C[C@@H]2O[Si](C)(C)C(C)(C)C. The fourth-order valence-electron chi connectivity index (χ4n) is 3.47. The summed E-state index contributed by atoms with van der Waals surface area (Å²) in [5.74, 6) is 1.01. The number of fused-ring (bicyclic) bond motifs is 2. The number of methoxy groups -OCH3 is 2. The lowest BCUT2D eigenvalue weighted by atomic mass is 9.68. The predicted octanol–water partition coefficient (Wildman–Crippen LogP) is 5.45. The van der Waals surface area contributed by atoms with Crippen LogP contribution in [0, 0.1) is 5.92 Å². The third-order valence-corrected chi connectivity index (χ3v) is 11.3. The van der Waals surface area contributed by atoms with Crippen molar-refractivity contribution in [2.45, 2.75) is 83.1 Å². The molecule has 0 amide bonds. The molecule has 0 heterocycles. The summed E-state index contributed by atoms with van der Waals surface area (Å²) in [6.07, 6.45) is 6.35. The van der Waals surface area contributed by atoms with Crippen molar-refractivity contribution in [3.63, 3.8) is 0 Å². The zero-order valence-corrected chi connectivity index (χ0v) is 20.4. The van der Waals surface area contributed by atoms with Gasteiger partial charge in [-0.05, 0) is 44.2 Å². The summed E-state index contributed by atoms with van der Waals surface area (Å²) >= 11 is 0. The van der Waals surface area contributed by atoms with Gasteiger partial charge in [-0.3, -0.25) is 0 Å². The minimum atomic E-state index is -1.83. The van der Waals surface area contributed by atoms with Gasteiger partial charge in [-0.1, -0.05) is 32.9 Å². The predicted molar refractivity (Wildman–Crippen MR) is 112 cm³/mol. The number of hydrogen-bond acceptors (Lipinski definition) is 4. The van der Waals surface area contributed by atoms with Gasteiger partial charge in [-0.25, -0.2) is 0 Å². The van der Waals surface area contributed by atoms with E-state index in [0.717, 1.165) is 18.4 Å². The number of ether oxygens (including phenoxy) is 2. The van der Waals surface area contributed by atoms with E-state index in [4.69, 9.17) is 18.3 Å². The highest BCUT2D eigenvalue weighted by molar-refractivity contribution is 6.74. The van der Waals surface area contributed by atoms with Crippen LogP contribution in [-0.2, 0) is 18.3 Å². The molecular formula is C20H38O4Si2. The second-order valence-corrected chi connectivity index (χ2v) is 19.3. The van der Waals surface area contributed by atoms with Crippen molar-refractivity contribution in [2.24, 2.45) is 5.92 Å². The lowest BCUT2D eigenvalue weighted by Gasteiger charge is -2.50. The van der Waals surface area contributed by atoms with E-state index >= 15 is 0 Å². The lowest BCUT2D eigenvalue weighted by Crippen LogP contribution is -2.54. The molecule has 4 nitrogen and oxygen atoms in total. The van der Waals surface area contributed by atoms with E-state index in [2.05, 4.69) is 65.7 Å². The largest absolute Gasteiger partial charge is 0.520 e. The molecule has 1 saturated carbocycles. The van der Waals surface area contributed by atoms with E-state index in [1.54, 1.807) is 14.2 Å². The molecule has 150 valence electrons. The van der Waals surface area contributed by atoms with Crippen LogP contribution in [0.2, 0.25) is 37.8 Å². The summed E-state index contributed by atoms with van der Waals surface area (Å²) in [5, 5.41) is 0.199. The molecule has 0 aliphatic heterocycles. The Bertz CT molecular complexity index is 584. The number of rotatable bonds is 6. The Morgan fingerprint density at radius 3 is 2.19 bits per heavy atom. The maximum Gasteiger partial charge on any atom is 0.267 e. The van der Waals surface area contributed by atoms with Gasteiger partial charge in [-0.2, -0.15) is 0 Å². The highest BCUT2D eigenvalue weighted by atomic mass is 28.4. The second kappa shape index (κ2) is 7.11. The van der Waals surface area contributed by atoms with Crippen LogP contribution in [0.1, 0.15) is 33.6 Å². The molecule has 3 rings (SSSR count). The summed E-state index contributed by atoms with van der Waals surface area (Å²) in [4.78, 5) is 0. The first-order chi connectivity index (χ1) is 11.7. The van der Waals surface area contributed by atoms with Crippen LogP contribution in [0.5, 0.6) is 0 Å². The minimum Gasteiger partial charge on any atom is -0.520 e. The molecule has 0 saturated heterocycles. The van der Waals surface area contributed by atoms with E-state index in [9.17, 15) is 0 Å².